The van der Waals surface area contributed by atoms with Crippen LogP contribution in [0.3, 0.4) is 0 Å². The minimum atomic E-state index is -5.78. The zero-order chi connectivity index (χ0) is 14.9. The molecule has 0 aromatic carbocycles. The average molecular weight is 302 g/mol. The smallest absolute Gasteiger partial charge is 0.465 e. The first-order valence-electron chi connectivity index (χ1n) is 5.43. The van der Waals surface area contributed by atoms with Crippen molar-refractivity contribution in [2.75, 3.05) is 6.61 Å². The van der Waals surface area contributed by atoms with Crippen LogP contribution < -0.4 is 0 Å². The van der Waals surface area contributed by atoms with E-state index in [0.29, 0.717) is 0 Å². The van der Waals surface area contributed by atoms with E-state index in [1.54, 1.807) is 0 Å². The Bertz CT molecular complexity index is 494. The number of carbonyl (C=O) groups excluding carboxylic acids is 1. The van der Waals surface area contributed by atoms with E-state index in [1.165, 1.54) is 13.8 Å². The first-order valence-corrected chi connectivity index (χ1v) is 6.84. The number of esters is 1. The van der Waals surface area contributed by atoms with E-state index in [-0.39, 0.29) is 19.4 Å². The molecular formula is C10H13F3O5S. The second-order valence-corrected chi connectivity index (χ2v) is 5.68. The number of carbonyl (C=O) groups is 1. The van der Waals surface area contributed by atoms with Gasteiger partial charge in [-0.1, -0.05) is 0 Å². The van der Waals surface area contributed by atoms with E-state index in [4.69, 9.17) is 4.74 Å². The van der Waals surface area contributed by atoms with Crippen molar-refractivity contribution in [3.63, 3.8) is 0 Å². The van der Waals surface area contributed by atoms with E-state index in [1.807, 2.05) is 0 Å². The molecule has 0 N–H and O–H groups in total. The van der Waals surface area contributed by atoms with Crippen molar-refractivity contribution in [2.45, 2.75) is 32.2 Å². The Morgan fingerprint density at radius 3 is 2.53 bits per heavy atom. The molecule has 5 nitrogen and oxygen atoms in total. The Morgan fingerprint density at radius 2 is 2.05 bits per heavy atom. The van der Waals surface area contributed by atoms with Crippen molar-refractivity contribution in [2.24, 2.45) is 5.41 Å². The molecule has 1 atom stereocenters. The monoisotopic (exact) mass is 302 g/mol. The van der Waals surface area contributed by atoms with Crippen LogP contribution in [0.15, 0.2) is 11.8 Å². The van der Waals surface area contributed by atoms with Crippen LogP contribution >= 0.6 is 0 Å². The Labute approximate surface area is 108 Å². The first-order chi connectivity index (χ1) is 8.54. The highest BCUT2D eigenvalue weighted by atomic mass is 32.2. The molecule has 0 saturated heterocycles. The van der Waals surface area contributed by atoms with E-state index in [2.05, 4.69) is 4.18 Å². The summed E-state index contributed by atoms with van der Waals surface area (Å²) in [6, 6.07) is 0. The Hall–Kier alpha value is -1.25. The summed E-state index contributed by atoms with van der Waals surface area (Å²) in [5, 5.41) is 0. The predicted octanol–water partition coefficient (Wildman–Crippen LogP) is 2.10. The third kappa shape index (κ3) is 3.02. The standard InChI is InChI=1S/C10H13F3O5S/c1-3-17-8(14)9(2)6-4-5-7(9)18-19(15,16)10(11,12)13/h5H,3-4,6H2,1-2H3. The van der Waals surface area contributed by atoms with Crippen LogP contribution in [0.1, 0.15) is 26.7 Å². The Kier molecular flexibility index (Phi) is 4.18. The lowest BCUT2D eigenvalue weighted by Gasteiger charge is -2.24. The van der Waals surface area contributed by atoms with Crippen molar-refractivity contribution < 1.29 is 35.3 Å². The van der Waals surface area contributed by atoms with Gasteiger partial charge in [-0.3, -0.25) is 4.79 Å². The van der Waals surface area contributed by atoms with Crippen molar-refractivity contribution in [3.8, 4) is 0 Å². The molecule has 19 heavy (non-hydrogen) atoms. The van der Waals surface area contributed by atoms with Crippen LogP contribution in [0.2, 0.25) is 0 Å². The summed E-state index contributed by atoms with van der Waals surface area (Å²) in [6.07, 6.45) is 1.52. The van der Waals surface area contributed by atoms with E-state index >= 15 is 0 Å². The molecule has 0 aromatic heterocycles. The molecule has 0 fully saturated rings. The maximum Gasteiger partial charge on any atom is 0.534 e. The molecule has 0 bridgehead atoms. The largest absolute Gasteiger partial charge is 0.534 e. The van der Waals surface area contributed by atoms with Crippen LogP contribution in [-0.4, -0.2) is 26.5 Å². The van der Waals surface area contributed by atoms with Crippen LogP contribution in [-0.2, 0) is 23.8 Å². The lowest BCUT2D eigenvalue weighted by molar-refractivity contribution is -0.153. The van der Waals surface area contributed by atoms with Gasteiger partial charge in [-0.25, -0.2) is 0 Å². The van der Waals surface area contributed by atoms with Crippen molar-refractivity contribution in [1.82, 2.24) is 0 Å². The molecule has 0 saturated carbocycles. The van der Waals surface area contributed by atoms with Gasteiger partial charge < -0.3 is 8.92 Å². The van der Waals surface area contributed by atoms with Crippen LogP contribution in [0, 0.1) is 5.41 Å². The molecule has 1 aliphatic rings. The molecule has 0 spiro atoms. The lowest BCUT2D eigenvalue weighted by Crippen LogP contribution is -2.34. The molecule has 0 aliphatic heterocycles. The molecule has 110 valence electrons. The summed E-state index contributed by atoms with van der Waals surface area (Å²) < 4.78 is 67.3. The minimum Gasteiger partial charge on any atom is -0.465 e. The van der Waals surface area contributed by atoms with E-state index < -0.39 is 32.8 Å². The molecule has 1 unspecified atom stereocenters. The number of rotatable bonds is 4. The van der Waals surface area contributed by atoms with Crippen LogP contribution in [0.4, 0.5) is 13.2 Å². The number of halogens is 3. The van der Waals surface area contributed by atoms with E-state index in [0.717, 1.165) is 6.08 Å². The third-order valence-corrected chi connectivity index (χ3v) is 3.69. The molecule has 0 aromatic rings. The fourth-order valence-electron chi connectivity index (χ4n) is 1.62. The van der Waals surface area contributed by atoms with Crippen molar-refractivity contribution in [1.29, 1.82) is 0 Å². The van der Waals surface area contributed by atoms with Gasteiger partial charge in [0.25, 0.3) is 0 Å². The normalized spacial score (nSPS) is 23.9. The number of ether oxygens (including phenoxy) is 1. The number of hydrogen-bond acceptors (Lipinski definition) is 5. The summed E-state index contributed by atoms with van der Waals surface area (Å²) in [6.45, 7) is 2.86. The van der Waals surface area contributed by atoms with Crippen molar-refractivity contribution in [3.05, 3.63) is 11.8 Å². The fraction of sp³-hybridized carbons (Fsp3) is 0.700. The van der Waals surface area contributed by atoms with Gasteiger partial charge in [0, 0.05) is 0 Å². The van der Waals surface area contributed by atoms with Gasteiger partial charge in [0.2, 0.25) is 0 Å². The Balaban J connectivity index is 2.99. The number of hydrogen-bond donors (Lipinski definition) is 0. The highest BCUT2D eigenvalue weighted by molar-refractivity contribution is 7.87. The maximum absolute atomic E-state index is 12.2. The molecule has 9 heteroatoms. The summed E-state index contributed by atoms with van der Waals surface area (Å²) in [5.41, 5.74) is -7.04. The summed E-state index contributed by atoms with van der Waals surface area (Å²) in [5.74, 6) is -1.35. The van der Waals surface area contributed by atoms with Gasteiger partial charge >= 0.3 is 21.6 Å². The molecule has 0 radical (unpaired) electrons. The number of alkyl halides is 3. The van der Waals surface area contributed by atoms with Crippen LogP contribution in [0.25, 0.3) is 0 Å². The SMILES string of the molecule is CCOC(=O)C1(C)CCC=C1OS(=O)(=O)C(F)(F)F. The average Bonchev–Trinajstić information content (AvgIpc) is 2.60. The zero-order valence-corrected chi connectivity index (χ0v) is 11.1. The second-order valence-electron chi connectivity index (χ2n) is 4.14. The zero-order valence-electron chi connectivity index (χ0n) is 10.3. The molecular weight excluding hydrogens is 289 g/mol. The minimum absolute atomic E-state index is 0.0354. The van der Waals surface area contributed by atoms with Crippen LogP contribution in [0.5, 0.6) is 0 Å². The van der Waals surface area contributed by atoms with Crippen molar-refractivity contribution >= 4 is 16.1 Å². The van der Waals surface area contributed by atoms with Gasteiger partial charge in [-0.05, 0) is 32.8 Å². The molecule has 0 heterocycles. The predicted molar refractivity (Wildman–Crippen MR) is 58.1 cm³/mol. The van der Waals surface area contributed by atoms with Gasteiger partial charge in [-0.2, -0.15) is 21.6 Å². The summed E-state index contributed by atoms with van der Waals surface area (Å²) in [7, 11) is -5.78. The first kappa shape index (κ1) is 15.8. The third-order valence-electron chi connectivity index (χ3n) is 2.73. The second kappa shape index (κ2) is 5.03. The summed E-state index contributed by atoms with van der Waals surface area (Å²) >= 11 is 0. The molecule has 1 aliphatic carbocycles. The fourth-order valence-corrected chi connectivity index (χ4v) is 2.21. The van der Waals surface area contributed by atoms with Gasteiger partial charge in [-0.15, -0.1) is 0 Å². The Morgan fingerprint density at radius 1 is 1.47 bits per heavy atom. The summed E-state index contributed by atoms with van der Waals surface area (Å²) in [4.78, 5) is 11.7. The maximum atomic E-state index is 12.2. The van der Waals surface area contributed by atoms with E-state index in [9.17, 15) is 26.4 Å². The molecule has 0 amide bonds. The highest BCUT2D eigenvalue weighted by Gasteiger charge is 2.52. The topological polar surface area (TPSA) is 69.7 Å². The highest BCUT2D eigenvalue weighted by Crippen LogP contribution is 2.42. The lowest BCUT2D eigenvalue weighted by atomic mass is 9.89. The quantitative estimate of drug-likeness (QED) is 0.452. The van der Waals surface area contributed by atoms with Gasteiger partial charge in [0.1, 0.15) is 11.2 Å². The van der Waals surface area contributed by atoms with Gasteiger partial charge in [0.05, 0.1) is 6.61 Å². The van der Waals surface area contributed by atoms with Gasteiger partial charge in [0.15, 0.2) is 0 Å². The number of allylic oxidation sites excluding steroid dienone is 1. The molecule has 1 rings (SSSR count).